The summed E-state index contributed by atoms with van der Waals surface area (Å²) >= 11 is 0. The smallest absolute Gasteiger partial charge is 0.257 e. The number of aryl methyl sites for hydroxylation is 3. The van der Waals surface area contributed by atoms with Gasteiger partial charge in [0.1, 0.15) is 24.0 Å². The zero-order chi connectivity index (χ0) is 26.7. The number of aromatic nitrogens is 5. The van der Waals surface area contributed by atoms with Crippen molar-refractivity contribution in [3.63, 3.8) is 0 Å². The van der Waals surface area contributed by atoms with Crippen LogP contribution >= 0.6 is 0 Å². The van der Waals surface area contributed by atoms with E-state index in [4.69, 9.17) is 10.5 Å². The van der Waals surface area contributed by atoms with Gasteiger partial charge >= 0.3 is 0 Å². The Morgan fingerprint density at radius 2 is 2.03 bits per heavy atom. The maximum Gasteiger partial charge on any atom is 0.257 e. The van der Waals surface area contributed by atoms with Crippen molar-refractivity contribution in [3.8, 4) is 17.6 Å². The highest BCUT2D eigenvalue weighted by Crippen LogP contribution is 2.37. The molecule has 1 amide bonds. The Hall–Kier alpha value is -4.91. The molecule has 5 aromatic rings. The molecule has 3 aromatic heterocycles. The molecule has 2 N–H and O–H groups in total. The third kappa shape index (κ3) is 3.71. The number of benzene rings is 2. The highest BCUT2D eigenvalue weighted by atomic mass is 19.1. The summed E-state index contributed by atoms with van der Waals surface area (Å²) in [6, 6.07) is 8.04. The van der Waals surface area contributed by atoms with Gasteiger partial charge in [-0.15, -0.1) is 0 Å². The van der Waals surface area contributed by atoms with Crippen molar-refractivity contribution in [2.45, 2.75) is 13.0 Å². The second-order valence-electron chi connectivity index (χ2n) is 9.42. The van der Waals surface area contributed by atoms with E-state index in [1.165, 1.54) is 17.0 Å². The number of hydrogen-bond donors (Lipinski definition) is 1. The standard InChI is InChI=1S/C28H24FN7O2/c1-15-17(13-34(2)33-15)7-5-16-6-8-18-24(14-38-25(18)9-16)35(3)28(37)19-10-20-23(11-22(19)29)32-27(30)21-12-31-36(4)26(20)21/h6,8-13,24H,14H2,1-4H3,(H2,30,32). The summed E-state index contributed by atoms with van der Waals surface area (Å²) in [5, 5.41) is 9.80. The van der Waals surface area contributed by atoms with Crippen LogP contribution in [-0.4, -0.2) is 49.0 Å². The molecule has 0 aliphatic carbocycles. The largest absolute Gasteiger partial charge is 0.491 e. The molecule has 1 aliphatic rings. The molecule has 1 aliphatic heterocycles. The quantitative estimate of drug-likeness (QED) is 0.366. The van der Waals surface area contributed by atoms with Crippen molar-refractivity contribution < 1.29 is 13.9 Å². The predicted molar refractivity (Wildman–Crippen MR) is 141 cm³/mol. The lowest BCUT2D eigenvalue weighted by Crippen LogP contribution is -2.32. The summed E-state index contributed by atoms with van der Waals surface area (Å²) < 4.78 is 24.5. The van der Waals surface area contributed by atoms with E-state index in [0.717, 1.165) is 22.4 Å². The Kier molecular flexibility index (Phi) is 5.31. The third-order valence-electron chi connectivity index (χ3n) is 6.94. The molecule has 6 rings (SSSR count). The number of anilines is 1. The number of pyridine rings is 1. The number of amides is 1. The summed E-state index contributed by atoms with van der Waals surface area (Å²) in [7, 11) is 5.27. The number of nitrogens with zero attached hydrogens (tertiary/aromatic N) is 6. The Morgan fingerprint density at radius 1 is 1.21 bits per heavy atom. The fourth-order valence-electron chi connectivity index (χ4n) is 4.93. The SMILES string of the molecule is Cc1nn(C)cc1C#Cc1ccc2c(c1)OCC2N(C)C(=O)c1cc2c(cc1F)nc(N)c1cnn(C)c12. The van der Waals surface area contributed by atoms with Crippen LogP contribution in [0.4, 0.5) is 10.2 Å². The Labute approximate surface area is 217 Å². The number of likely N-dealkylation sites (N-methyl/N-ethyl adjacent to an activating group) is 1. The van der Waals surface area contributed by atoms with Gasteiger partial charge in [-0.05, 0) is 25.1 Å². The second kappa shape index (κ2) is 8.59. The van der Waals surface area contributed by atoms with Crippen LogP contribution < -0.4 is 10.5 Å². The van der Waals surface area contributed by atoms with E-state index in [1.54, 1.807) is 29.7 Å². The van der Waals surface area contributed by atoms with Crippen LogP contribution in [0.25, 0.3) is 21.8 Å². The van der Waals surface area contributed by atoms with Crippen LogP contribution in [0, 0.1) is 24.6 Å². The van der Waals surface area contributed by atoms with E-state index in [-0.39, 0.29) is 24.0 Å². The average Bonchev–Trinajstić information content (AvgIpc) is 3.58. The van der Waals surface area contributed by atoms with E-state index in [1.807, 2.05) is 38.4 Å². The molecule has 2 aromatic carbocycles. The van der Waals surface area contributed by atoms with Crippen LogP contribution in [0.1, 0.15) is 38.8 Å². The molecule has 9 nitrogen and oxygen atoms in total. The van der Waals surface area contributed by atoms with Crippen molar-refractivity contribution in [2.24, 2.45) is 14.1 Å². The topological polar surface area (TPSA) is 104 Å². The van der Waals surface area contributed by atoms with Crippen LogP contribution in [0.15, 0.2) is 42.7 Å². The lowest BCUT2D eigenvalue weighted by molar-refractivity contribution is 0.0704. The summed E-state index contributed by atoms with van der Waals surface area (Å²) in [5.74, 6) is 6.07. The molecule has 0 spiro atoms. The van der Waals surface area contributed by atoms with E-state index in [2.05, 4.69) is 27.0 Å². The number of rotatable bonds is 2. The molecule has 0 fully saturated rings. The van der Waals surface area contributed by atoms with E-state index < -0.39 is 11.7 Å². The maximum absolute atomic E-state index is 15.2. The fourth-order valence-corrected chi connectivity index (χ4v) is 4.93. The second-order valence-corrected chi connectivity index (χ2v) is 9.42. The van der Waals surface area contributed by atoms with Crippen molar-refractivity contribution in [1.82, 2.24) is 29.4 Å². The average molecular weight is 510 g/mol. The monoisotopic (exact) mass is 509 g/mol. The maximum atomic E-state index is 15.2. The first kappa shape index (κ1) is 23.5. The molecule has 0 bridgehead atoms. The first-order chi connectivity index (χ1) is 18.2. The van der Waals surface area contributed by atoms with Crippen LogP contribution in [-0.2, 0) is 14.1 Å². The highest BCUT2D eigenvalue weighted by Gasteiger charge is 2.32. The number of carbonyl (C=O) groups excluding carboxylic acids is 1. The van der Waals surface area contributed by atoms with Crippen molar-refractivity contribution in [1.29, 1.82) is 0 Å². The van der Waals surface area contributed by atoms with Gasteiger partial charge in [0.05, 0.1) is 45.5 Å². The minimum Gasteiger partial charge on any atom is -0.491 e. The van der Waals surface area contributed by atoms with Gasteiger partial charge in [0.15, 0.2) is 0 Å². The van der Waals surface area contributed by atoms with Crippen LogP contribution in [0.5, 0.6) is 5.75 Å². The molecule has 4 heterocycles. The van der Waals surface area contributed by atoms with E-state index in [9.17, 15) is 4.79 Å². The number of hydrogen-bond acceptors (Lipinski definition) is 6. The summed E-state index contributed by atoms with van der Waals surface area (Å²) in [5.41, 5.74) is 10.4. The van der Waals surface area contributed by atoms with Crippen molar-refractivity contribution in [3.05, 3.63) is 76.5 Å². The normalized spacial score (nSPS) is 14.3. The minimum absolute atomic E-state index is 0.0585. The van der Waals surface area contributed by atoms with Crippen molar-refractivity contribution in [2.75, 3.05) is 19.4 Å². The van der Waals surface area contributed by atoms with Gasteiger partial charge in [0, 0.05) is 49.9 Å². The Morgan fingerprint density at radius 3 is 2.79 bits per heavy atom. The van der Waals surface area contributed by atoms with Crippen LogP contribution in [0.2, 0.25) is 0 Å². The highest BCUT2D eigenvalue weighted by molar-refractivity contribution is 6.10. The number of nitrogen functional groups attached to an aromatic ring is 1. The minimum atomic E-state index is -0.668. The predicted octanol–water partition coefficient (Wildman–Crippen LogP) is 3.49. The Bertz CT molecular complexity index is 1840. The van der Waals surface area contributed by atoms with E-state index in [0.29, 0.717) is 27.6 Å². The third-order valence-corrected chi connectivity index (χ3v) is 6.94. The zero-order valence-electron chi connectivity index (χ0n) is 21.3. The number of halogens is 1. The molecule has 0 radical (unpaired) electrons. The van der Waals surface area contributed by atoms with Gasteiger partial charge in [-0.2, -0.15) is 10.2 Å². The summed E-state index contributed by atoms with van der Waals surface area (Å²) in [4.78, 5) is 19.3. The van der Waals surface area contributed by atoms with Gasteiger partial charge in [0.25, 0.3) is 5.91 Å². The fraction of sp³-hybridized carbons (Fsp3) is 0.214. The number of nitrogens with two attached hydrogens (primary N) is 1. The van der Waals surface area contributed by atoms with E-state index >= 15 is 4.39 Å². The molecular formula is C28H24FN7O2. The molecule has 0 saturated carbocycles. The molecule has 38 heavy (non-hydrogen) atoms. The first-order valence-corrected chi connectivity index (χ1v) is 12.0. The number of carbonyl (C=O) groups is 1. The van der Waals surface area contributed by atoms with Gasteiger partial charge in [-0.25, -0.2) is 9.37 Å². The van der Waals surface area contributed by atoms with Gasteiger partial charge in [-0.3, -0.25) is 14.2 Å². The van der Waals surface area contributed by atoms with Crippen LogP contribution in [0.3, 0.4) is 0 Å². The lowest BCUT2D eigenvalue weighted by Gasteiger charge is -2.24. The molecular weight excluding hydrogens is 485 g/mol. The first-order valence-electron chi connectivity index (χ1n) is 12.0. The molecule has 190 valence electrons. The lowest BCUT2D eigenvalue weighted by atomic mass is 10.0. The Balaban J connectivity index is 1.31. The molecule has 10 heteroatoms. The molecule has 1 unspecified atom stereocenters. The number of fused-ring (bicyclic) bond motifs is 4. The van der Waals surface area contributed by atoms with Gasteiger partial charge in [0.2, 0.25) is 0 Å². The molecule has 1 atom stereocenters. The number of ether oxygens (including phenoxy) is 1. The van der Waals surface area contributed by atoms with Crippen molar-refractivity contribution >= 4 is 33.5 Å². The van der Waals surface area contributed by atoms with Gasteiger partial charge in [-0.1, -0.05) is 17.9 Å². The summed E-state index contributed by atoms with van der Waals surface area (Å²) in [6.45, 7) is 2.17. The molecule has 0 saturated heterocycles. The van der Waals surface area contributed by atoms with Gasteiger partial charge < -0.3 is 15.4 Å². The zero-order valence-corrected chi connectivity index (χ0v) is 21.3. The summed E-state index contributed by atoms with van der Waals surface area (Å²) in [6.07, 6.45) is 3.48.